The SMILES string of the molecule is O=C(CN1CCN(c2ccc(Br)cn2)CC1)Nc1ccccc1-c1ccccc1. The number of para-hydroxylation sites is 1. The second-order valence-corrected chi connectivity index (χ2v) is 7.97. The highest BCUT2D eigenvalue weighted by molar-refractivity contribution is 9.10. The van der Waals surface area contributed by atoms with E-state index in [-0.39, 0.29) is 5.91 Å². The number of benzene rings is 2. The average molecular weight is 451 g/mol. The zero-order valence-corrected chi connectivity index (χ0v) is 17.7. The van der Waals surface area contributed by atoms with Crippen molar-refractivity contribution in [1.29, 1.82) is 0 Å². The first-order chi connectivity index (χ1) is 14.2. The average Bonchev–Trinajstić information content (AvgIpc) is 2.76. The molecule has 1 N–H and O–H groups in total. The molecule has 1 aliphatic rings. The standard InChI is InChI=1S/C23H23BrN4O/c24-19-10-11-22(25-16-19)28-14-12-27(13-15-28)17-23(29)26-21-9-5-4-8-20(21)18-6-2-1-3-7-18/h1-11,16H,12-15,17H2,(H,26,29). The fourth-order valence-electron chi connectivity index (χ4n) is 3.54. The number of rotatable bonds is 5. The van der Waals surface area contributed by atoms with E-state index in [9.17, 15) is 4.79 Å². The van der Waals surface area contributed by atoms with Crippen molar-refractivity contribution in [3.05, 3.63) is 77.4 Å². The number of nitrogens with one attached hydrogen (secondary N) is 1. The summed E-state index contributed by atoms with van der Waals surface area (Å²) in [5, 5.41) is 3.09. The van der Waals surface area contributed by atoms with E-state index in [0.29, 0.717) is 6.54 Å². The van der Waals surface area contributed by atoms with E-state index in [1.165, 1.54) is 0 Å². The second kappa shape index (κ2) is 9.20. The summed E-state index contributed by atoms with van der Waals surface area (Å²) in [7, 11) is 0. The van der Waals surface area contributed by atoms with Crippen LogP contribution in [0.1, 0.15) is 0 Å². The van der Waals surface area contributed by atoms with Gasteiger partial charge in [-0.05, 0) is 39.7 Å². The third kappa shape index (κ3) is 5.02. The number of carbonyl (C=O) groups is 1. The van der Waals surface area contributed by atoms with Gasteiger partial charge in [0.1, 0.15) is 5.82 Å². The van der Waals surface area contributed by atoms with Gasteiger partial charge in [0.25, 0.3) is 0 Å². The summed E-state index contributed by atoms with van der Waals surface area (Å²) < 4.78 is 0.979. The molecule has 2 aromatic carbocycles. The normalized spacial score (nSPS) is 14.6. The first-order valence-electron chi connectivity index (χ1n) is 9.72. The third-order valence-corrected chi connectivity index (χ3v) is 5.53. The number of carbonyl (C=O) groups excluding carboxylic acids is 1. The van der Waals surface area contributed by atoms with Gasteiger partial charge in [0.05, 0.1) is 6.54 Å². The van der Waals surface area contributed by atoms with Gasteiger partial charge in [0.2, 0.25) is 5.91 Å². The molecule has 3 aromatic rings. The minimum atomic E-state index is 0.0172. The number of hydrogen-bond acceptors (Lipinski definition) is 4. The lowest BCUT2D eigenvalue weighted by Crippen LogP contribution is -2.48. The first-order valence-corrected chi connectivity index (χ1v) is 10.5. The van der Waals surface area contributed by atoms with Crippen LogP contribution in [0.2, 0.25) is 0 Å². The molecule has 1 amide bonds. The van der Waals surface area contributed by atoms with Gasteiger partial charge in [0.15, 0.2) is 0 Å². The maximum Gasteiger partial charge on any atom is 0.238 e. The van der Waals surface area contributed by atoms with Gasteiger partial charge in [-0.1, -0.05) is 48.5 Å². The Hall–Kier alpha value is -2.70. The molecular weight excluding hydrogens is 428 g/mol. The predicted molar refractivity (Wildman–Crippen MR) is 121 cm³/mol. The summed E-state index contributed by atoms with van der Waals surface area (Å²) in [6.45, 7) is 3.80. The highest BCUT2D eigenvalue weighted by Gasteiger charge is 2.20. The van der Waals surface area contributed by atoms with Crippen molar-refractivity contribution >= 4 is 33.3 Å². The molecule has 0 unspecified atom stereocenters. The third-order valence-electron chi connectivity index (χ3n) is 5.06. The van der Waals surface area contributed by atoms with Gasteiger partial charge >= 0.3 is 0 Å². The predicted octanol–water partition coefficient (Wildman–Crippen LogP) is 4.27. The zero-order chi connectivity index (χ0) is 20.1. The fraction of sp³-hybridized carbons (Fsp3) is 0.217. The summed E-state index contributed by atoms with van der Waals surface area (Å²) in [5.41, 5.74) is 2.98. The summed E-state index contributed by atoms with van der Waals surface area (Å²) in [4.78, 5) is 21.6. The smallest absolute Gasteiger partial charge is 0.238 e. The first kappa shape index (κ1) is 19.6. The molecule has 4 rings (SSSR count). The maximum atomic E-state index is 12.7. The van der Waals surface area contributed by atoms with Crippen LogP contribution in [-0.4, -0.2) is 48.5 Å². The van der Waals surface area contributed by atoms with E-state index >= 15 is 0 Å². The molecule has 0 radical (unpaired) electrons. The minimum Gasteiger partial charge on any atom is -0.354 e. The van der Waals surface area contributed by atoms with Gasteiger partial charge in [0, 0.05) is 48.1 Å². The van der Waals surface area contributed by atoms with Crippen molar-refractivity contribution in [3.63, 3.8) is 0 Å². The number of halogens is 1. The van der Waals surface area contributed by atoms with Crippen molar-refractivity contribution in [2.45, 2.75) is 0 Å². The molecule has 1 saturated heterocycles. The Labute approximate surface area is 179 Å². The van der Waals surface area contributed by atoms with Gasteiger partial charge in [-0.3, -0.25) is 9.69 Å². The van der Waals surface area contributed by atoms with Crippen LogP contribution in [0.3, 0.4) is 0 Å². The summed E-state index contributed by atoms with van der Waals surface area (Å²) in [6, 6.07) is 22.1. The summed E-state index contributed by atoms with van der Waals surface area (Å²) in [5.74, 6) is 0.998. The van der Waals surface area contributed by atoms with Crippen molar-refractivity contribution in [1.82, 2.24) is 9.88 Å². The largest absolute Gasteiger partial charge is 0.354 e. The molecule has 6 heteroatoms. The van der Waals surface area contributed by atoms with Gasteiger partial charge in [-0.2, -0.15) is 0 Å². The van der Waals surface area contributed by atoms with Gasteiger partial charge in [-0.25, -0.2) is 4.98 Å². The van der Waals surface area contributed by atoms with E-state index in [0.717, 1.165) is 53.3 Å². The number of hydrogen-bond donors (Lipinski definition) is 1. The molecule has 0 atom stereocenters. The monoisotopic (exact) mass is 450 g/mol. The molecular formula is C23H23BrN4O. The van der Waals surface area contributed by atoms with Crippen LogP contribution in [-0.2, 0) is 4.79 Å². The van der Waals surface area contributed by atoms with Crippen molar-refractivity contribution in [2.75, 3.05) is 42.9 Å². The topological polar surface area (TPSA) is 48.5 Å². The van der Waals surface area contributed by atoms with Crippen LogP contribution in [0.25, 0.3) is 11.1 Å². The Morgan fingerprint density at radius 1 is 0.931 bits per heavy atom. The van der Waals surface area contributed by atoms with Gasteiger partial charge in [-0.15, -0.1) is 0 Å². The highest BCUT2D eigenvalue weighted by atomic mass is 79.9. The Morgan fingerprint density at radius 3 is 2.38 bits per heavy atom. The second-order valence-electron chi connectivity index (χ2n) is 7.06. The van der Waals surface area contributed by atoms with E-state index in [1.807, 2.05) is 60.8 Å². The quantitative estimate of drug-likeness (QED) is 0.630. The molecule has 0 bridgehead atoms. The van der Waals surface area contributed by atoms with Crippen LogP contribution in [0.5, 0.6) is 0 Å². The fourth-order valence-corrected chi connectivity index (χ4v) is 3.78. The van der Waals surface area contributed by atoms with Crippen LogP contribution < -0.4 is 10.2 Å². The molecule has 148 valence electrons. The lowest BCUT2D eigenvalue weighted by molar-refractivity contribution is -0.117. The molecule has 1 aromatic heterocycles. The number of nitrogens with zero attached hydrogens (tertiary/aromatic N) is 3. The molecule has 2 heterocycles. The van der Waals surface area contributed by atoms with E-state index in [4.69, 9.17) is 0 Å². The lowest BCUT2D eigenvalue weighted by Gasteiger charge is -2.35. The lowest BCUT2D eigenvalue weighted by atomic mass is 10.0. The van der Waals surface area contributed by atoms with E-state index in [2.05, 4.69) is 48.2 Å². The van der Waals surface area contributed by atoms with Crippen LogP contribution >= 0.6 is 15.9 Å². The van der Waals surface area contributed by atoms with Crippen LogP contribution in [0.4, 0.5) is 11.5 Å². The Morgan fingerprint density at radius 2 is 1.66 bits per heavy atom. The van der Waals surface area contributed by atoms with Gasteiger partial charge < -0.3 is 10.2 Å². The number of piperazine rings is 1. The minimum absolute atomic E-state index is 0.0172. The van der Waals surface area contributed by atoms with Crippen LogP contribution in [0, 0.1) is 0 Å². The summed E-state index contributed by atoms with van der Waals surface area (Å²) >= 11 is 3.42. The van der Waals surface area contributed by atoms with E-state index in [1.54, 1.807) is 0 Å². The molecule has 1 aliphatic heterocycles. The van der Waals surface area contributed by atoms with Crippen LogP contribution in [0.15, 0.2) is 77.4 Å². The van der Waals surface area contributed by atoms with Crippen molar-refractivity contribution in [3.8, 4) is 11.1 Å². The number of amides is 1. The molecule has 29 heavy (non-hydrogen) atoms. The number of pyridine rings is 1. The molecule has 0 aliphatic carbocycles. The Bertz CT molecular complexity index is 954. The Kier molecular flexibility index (Phi) is 6.22. The maximum absolute atomic E-state index is 12.7. The molecule has 0 saturated carbocycles. The molecule has 1 fully saturated rings. The van der Waals surface area contributed by atoms with E-state index < -0.39 is 0 Å². The summed E-state index contributed by atoms with van der Waals surface area (Å²) in [6.07, 6.45) is 1.82. The highest BCUT2D eigenvalue weighted by Crippen LogP contribution is 2.27. The molecule has 5 nitrogen and oxygen atoms in total. The zero-order valence-electron chi connectivity index (χ0n) is 16.1. The number of aromatic nitrogens is 1. The number of anilines is 2. The molecule has 0 spiro atoms. The Balaban J connectivity index is 1.34. The van der Waals surface area contributed by atoms with Crippen molar-refractivity contribution in [2.24, 2.45) is 0 Å². The van der Waals surface area contributed by atoms with Crippen molar-refractivity contribution < 1.29 is 4.79 Å².